The van der Waals surface area contributed by atoms with E-state index in [9.17, 15) is 19.5 Å². The summed E-state index contributed by atoms with van der Waals surface area (Å²) in [7, 11) is 0. The van der Waals surface area contributed by atoms with E-state index in [0.717, 1.165) is 75.9 Å². The molecule has 2 heterocycles. The second-order valence-electron chi connectivity index (χ2n) is 14.4. The Labute approximate surface area is 291 Å². The monoisotopic (exact) mass is 680 g/mol. The van der Waals surface area contributed by atoms with Gasteiger partial charge < -0.3 is 25.4 Å². The van der Waals surface area contributed by atoms with E-state index < -0.39 is 17.2 Å². The summed E-state index contributed by atoms with van der Waals surface area (Å²) < 4.78 is 6.05. The van der Waals surface area contributed by atoms with Crippen molar-refractivity contribution in [1.82, 2.24) is 20.4 Å². The van der Waals surface area contributed by atoms with Gasteiger partial charge in [-0.25, -0.2) is 0 Å². The lowest BCUT2D eigenvalue weighted by molar-refractivity contribution is -0.163. The lowest BCUT2D eigenvalue weighted by atomic mass is 9.77. The number of unbranched alkanes of at least 4 members (excludes halogenated alkanes) is 1. The number of nitrogens with one attached hydrogen (secondary N) is 2. The molecule has 3 amide bonds. The van der Waals surface area contributed by atoms with E-state index >= 15 is 0 Å². The number of carbonyl (C=O) groups excluding carboxylic acids is 3. The van der Waals surface area contributed by atoms with Crippen LogP contribution in [0.5, 0.6) is 11.5 Å². The number of rotatable bonds is 11. The molecule has 4 aliphatic rings. The van der Waals surface area contributed by atoms with Gasteiger partial charge in [0.15, 0.2) is 0 Å². The minimum absolute atomic E-state index is 0. The van der Waals surface area contributed by atoms with Crippen molar-refractivity contribution in [3.05, 3.63) is 59.7 Å². The number of benzene rings is 2. The summed E-state index contributed by atoms with van der Waals surface area (Å²) in [6.07, 6.45) is 12.2. The maximum Gasteiger partial charge on any atom is 0.251 e. The second-order valence-corrected chi connectivity index (χ2v) is 14.4. The Morgan fingerprint density at radius 1 is 0.917 bits per heavy atom. The summed E-state index contributed by atoms with van der Waals surface area (Å²) in [5, 5.41) is 17.4. The summed E-state index contributed by atoms with van der Waals surface area (Å²) >= 11 is 0. The first-order chi connectivity index (χ1) is 22.8. The third kappa shape index (κ3) is 8.35. The number of aliphatic hydroxyl groups is 1. The summed E-state index contributed by atoms with van der Waals surface area (Å²) in [5.74, 6) is 1.30. The van der Waals surface area contributed by atoms with Gasteiger partial charge in [0.2, 0.25) is 11.8 Å². The summed E-state index contributed by atoms with van der Waals surface area (Å²) in [5.41, 5.74) is 0.108. The number of amides is 3. The van der Waals surface area contributed by atoms with E-state index in [1.807, 2.05) is 29.2 Å². The van der Waals surface area contributed by atoms with E-state index in [1.54, 1.807) is 12.1 Å². The van der Waals surface area contributed by atoms with Crippen LogP contribution in [-0.4, -0.2) is 75.5 Å². The number of hydrogen-bond donors (Lipinski definition) is 3. The molecule has 1 atom stereocenters. The zero-order valence-electron chi connectivity index (χ0n) is 28.4. The summed E-state index contributed by atoms with van der Waals surface area (Å²) in [6.45, 7) is 4.88. The Bertz CT molecular complexity index is 1380. The number of nitrogens with zero attached hydrogens (tertiary/aromatic N) is 2. The van der Waals surface area contributed by atoms with Crippen LogP contribution in [0.4, 0.5) is 0 Å². The predicted octanol–water partition coefficient (Wildman–Crippen LogP) is 6.12. The van der Waals surface area contributed by atoms with Crippen molar-refractivity contribution in [3.63, 3.8) is 0 Å². The van der Waals surface area contributed by atoms with E-state index in [1.165, 1.54) is 12.8 Å². The highest BCUT2D eigenvalue weighted by molar-refractivity contribution is 6.00. The highest BCUT2D eigenvalue weighted by Gasteiger charge is 2.54. The van der Waals surface area contributed by atoms with Crippen molar-refractivity contribution in [2.75, 3.05) is 19.6 Å². The topological polar surface area (TPSA) is 111 Å². The van der Waals surface area contributed by atoms with Crippen LogP contribution in [0.15, 0.2) is 48.5 Å². The third-order valence-electron chi connectivity index (χ3n) is 11.0. The van der Waals surface area contributed by atoms with Crippen molar-refractivity contribution in [2.24, 2.45) is 0 Å². The molecule has 2 aromatic carbocycles. The van der Waals surface area contributed by atoms with Gasteiger partial charge in [0.05, 0.1) is 5.60 Å². The molecule has 2 saturated heterocycles. The van der Waals surface area contributed by atoms with Gasteiger partial charge in [0.25, 0.3) is 5.91 Å². The molecular weight excluding hydrogens is 628 g/mol. The molecule has 10 heteroatoms. The lowest BCUT2D eigenvalue weighted by Crippen LogP contribution is -2.73. The Morgan fingerprint density at radius 2 is 1.54 bits per heavy atom. The number of hydrogen-bond acceptors (Lipinski definition) is 6. The predicted molar refractivity (Wildman–Crippen MR) is 188 cm³/mol. The zero-order chi connectivity index (χ0) is 32.9. The molecule has 2 aliphatic carbocycles. The van der Waals surface area contributed by atoms with Gasteiger partial charge in [-0.15, -0.1) is 12.4 Å². The molecule has 9 nitrogen and oxygen atoms in total. The van der Waals surface area contributed by atoms with Crippen LogP contribution in [0.2, 0.25) is 0 Å². The molecular formula is C38H53ClN4O5. The minimum atomic E-state index is -0.867. The van der Waals surface area contributed by atoms with Crippen molar-refractivity contribution in [2.45, 2.75) is 127 Å². The van der Waals surface area contributed by atoms with Gasteiger partial charge in [-0.3, -0.25) is 19.3 Å². The molecule has 0 bridgehead atoms. The largest absolute Gasteiger partial charge is 0.457 e. The fraction of sp³-hybridized carbons (Fsp3) is 0.605. The van der Waals surface area contributed by atoms with Crippen molar-refractivity contribution in [1.29, 1.82) is 0 Å². The van der Waals surface area contributed by atoms with Crippen LogP contribution in [0.3, 0.4) is 0 Å². The first-order valence-corrected chi connectivity index (χ1v) is 18.0. The van der Waals surface area contributed by atoms with Crippen molar-refractivity contribution in [3.8, 4) is 11.5 Å². The summed E-state index contributed by atoms with van der Waals surface area (Å²) in [4.78, 5) is 44.4. The Balaban J connectivity index is 0.00000451. The normalized spacial score (nSPS) is 22.6. The van der Waals surface area contributed by atoms with E-state index in [4.69, 9.17) is 4.74 Å². The number of carbonyl (C=O) groups is 3. The number of piperidine rings is 1. The molecule has 1 spiro atoms. The lowest BCUT2D eigenvalue weighted by Gasteiger charge is -2.52. The van der Waals surface area contributed by atoms with Crippen molar-refractivity contribution >= 4 is 30.1 Å². The first-order valence-electron chi connectivity index (χ1n) is 18.0. The smallest absolute Gasteiger partial charge is 0.251 e. The second kappa shape index (κ2) is 16.0. The van der Waals surface area contributed by atoms with Gasteiger partial charge in [-0.2, -0.15) is 0 Å². The molecule has 2 aliphatic heterocycles. The minimum Gasteiger partial charge on any atom is -0.457 e. The van der Waals surface area contributed by atoms with Crippen LogP contribution < -0.4 is 15.4 Å². The highest BCUT2D eigenvalue weighted by atomic mass is 35.5. The van der Waals surface area contributed by atoms with Crippen LogP contribution in [0, 0.1) is 0 Å². The molecule has 2 aromatic rings. The molecule has 262 valence electrons. The van der Waals surface area contributed by atoms with E-state index in [2.05, 4.69) is 34.6 Å². The molecule has 0 aromatic heterocycles. The molecule has 6 rings (SSSR count). The van der Waals surface area contributed by atoms with E-state index in [0.29, 0.717) is 56.0 Å². The standard InChI is InChI=1S/C38H52N4O5.ClH/c1-2-3-23-42-35(44)33(26-37(46)19-7-4-8-20-37)40-36(45)38(42)21-24-41(25-22-38)27-28-11-15-31(16-12-28)47-32-17-13-29(14-18-32)34(43)39-30-9-5-6-10-30;/h11-18,30,33,46H,2-10,19-27H2,1H3,(H,39,43)(H,40,45);1H/t33-;/m1./s1. The maximum absolute atomic E-state index is 13.9. The molecule has 48 heavy (non-hydrogen) atoms. The highest BCUT2D eigenvalue weighted by Crippen LogP contribution is 2.38. The Hall–Kier alpha value is -3.14. The van der Waals surface area contributed by atoms with Gasteiger partial charge in [0.1, 0.15) is 23.1 Å². The SMILES string of the molecule is CCCCN1C(=O)[C@@H](CC2(O)CCCCC2)NC(=O)C12CCN(Cc1ccc(Oc3ccc(C(=O)NC4CCCC4)cc3)cc1)CC2.Cl. The van der Waals surface area contributed by atoms with Crippen LogP contribution >= 0.6 is 12.4 Å². The number of piperazine rings is 1. The van der Waals surface area contributed by atoms with Gasteiger partial charge >= 0.3 is 0 Å². The Morgan fingerprint density at radius 3 is 2.17 bits per heavy atom. The van der Waals surface area contributed by atoms with E-state index in [-0.39, 0.29) is 30.1 Å². The Kier molecular flexibility index (Phi) is 12.1. The average Bonchev–Trinajstić information content (AvgIpc) is 3.59. The fourth-order valence-electron chi connectivity index (χ4n) is 8.10. The van der Waals surface area contributed by atoms with Crippen LogP contribution in [-0.2, 0) is 16.1 Å². The number of halogens is 1. The molecule has 3 N–H and O–H groups in total. The third-order valence-corrected chi connectivity index (χ3v) is 11.0. The summed E-state index contributed by atoms with van der Waals surface area (Å²) in [6, 6.07) is 15.0. The van der Waals surface area contributed by atoms with Gasteiger partial charge in [-0.05, 0) is 86.9 Å². The average molecular weight is 681 g/mol. The molecule has 4 fully saturated rings. The number of ether oxygens (including phenoxy) is 1. The fourth-order valence-corrected chi connectivity index (χ4v) is 8.10. The van der Waals surface area contributed by atoms with Crippen molar-refractivity contribution < 1.29 is 24.2 Å². The van der Waals surface area contributed by atoms with Crippen LogP contribution in [0.25, 0.3) is 0 Å². The molecule has 0 radical (unpaired) electrons. The van der Waals surface area contributed by atoms with Crippen LogP contribution in [0.1, 0.15) is 113 Å². The zero-order valence-corrected chi connectivity index (χ0v) is 29.2. The number of likely N-dealkylation sites (tertiary alicyclic amines) is 1. The maximum atomic E-state index is 13.9. The first kappa shape index (κ1) is 36.1. The quantitative estimate of drug-likeness (QED) is 0.264. The van der Waals surface area contributed by atoms with Gasteiger partial charge in [-0.1, -0.05) is 57.6 Å². The molecule has 2 saturated carbocycles. The van der Waals surface area contributed by atoms with Gasteiger partial charge in [0, 0.05) is 44.2 Å². The molecule has 0 unspecified atom stereocenters.